The molecule has 17 heavy (non-hydrogen) atoms. The molecule has 0 amide bonds. The highest BCUT2D eigenvalue weighted by Crippen LogP contribution is 2.24. The standard InChI is InChI=1S/C13H12O4/c1-8(13(15)16)17-12-5-3-9-6-11(14)4-2-10(9)7-12/h2-8,14H,1H3,(H,15,16). The number of fused-ring (bicyclic) bond motifs is 1. The maximum absolute atomic E-state index is 10.7. The van der Waals surface area contributed by atoms with Gasteiger partial charge >= 0.3 is 5.97 Å². The summed E-state index contributed by atoms with van der Waals surface area (Å²) in [6.45, 7) is 1.48. The molecule has 1 unspecified atom stereocenters. The van der Waals surface area contributed by atoms with Crippen LogP contribution in [-0.2, 0) is 4.79 Å². The highest BCUT2D eigenvalue weighted by atomic mass is 16.5. The van der Waals surface area contributed by atoms with E-state index in [1.54, 1.807) is 36.4 Å². The Labute approximate surface area is 98.1 Å². The smallest absolute Gasteiger partial charge is 0.344 e. The van der Waals surface area contributed by atoms with Gasteiger partial charge in [-0.15, -0.1) is 0 Å². The second kappa shape index (κ2) is 4.33. The fourth-order valence-electron chi connectivity index (χ4n) is 1.54. The summed E-state index contributed by atoms with van der Waals surface area (Å²) >= 11 is 0. The summed E-state index contributed by atoms with van der Waals surface area (Å²) in [5.41, 5.74) is 0. The lowest BCUT2D eigenvalue weighted by Gasteiger charge is -2.10. The van der Waals surface area contributed by atoms with Gasteiger partial charge in [0.25, 0.3) is 0 Å². The minimum Gasteiger partial charge on any atom is -0.508 e. The number of aliphatic carboxylic acids is 1. The second-order valence-corrected chi connectivity index (χ2v) is 3.79. The van der Waals surface area contributed by atoms with Crippen LogP contribution in [0.1, 0.15) is 6.92 Å². The molecule has 0 bridgehead atoms. The molecule has 2 aromatic carbocycles. The van der Waals surface area contributed by atoms with E-state index in [0.29, 0.717) is 5.75 Å². The van der Waals surface area contributed by atoms with E-state index in [4.69, 9.17) is 9.84 Å². The summed E-state index contributed by atoms with van der Waals surface area (Å²) in [6, 6.07) is 10.2. The molecule has 0 fully saturated rings. The van der Waals surface area contributed by atoms with Crippen LogP contribution in [0.4, 0.5) is 0 Å². The van der Waals surface area contributed by atoms with Crippen LogP contribution in [0.5, 0.6) is 11.5 Å². The number of aromatic hydroxyl groups is 1. The minimum absolute atomic E-state index is 0.199. The largest absolute Gasteiger partial charge is 0.508 e. The first kappa shape index (κ1) is 11.3. The Bertz CT molecular complexity index is 562. The topological polar surface area (TPSA) is 66.8 Å². The Morgan fingerprint density at radius 1 is 1.18 bits per heavy atom. The van der Waals surface area contributed by atoms with E-state index >= 15 is 0 Å². The van der Waals surface area contributed by atoms with Crippen LogP contribution >= 0.6 is 0 Å². The Balaban J connectivity index is 2.32. The van der Waals surface area contributed by atoms with E-state index in [-0.39, 0.29) is 5.75 Å². The SMILES string of the molecule is CC(Oc1ccc2cc(O)ccc2c1)C(=O)O. The van der Waals surface area contributed by atoms with Gasteiger partial charge in [-0.25, -0.2) is 4.79 Å². The van der Waals surface area contributed by atoms with Crippen molar-refractivity contribution in [2.75, 3.05) is 0 Å². The number of phenolic OH excluding ortho intramolecular Hbond substituents is 1. The second-order valence-electron chi connectivity index (χ2n) is 3.79. The zero-order chi connectivity index (χ0) is 12.4. The van der Waals surface area contributed by atoms with Gasteiger partial charge in [-0.2, -0.15) is 0 Å². The molecule has 0 radical (unpaired) electrons. The molecule has 0 saturated heterocycles. The van der Waals surface area contributed by atoms with Crippen LogP contribution in [0, 0.1) is 0 Å². The van der Waals surface area contributed by atoms with Crippen molar-refractivity contribution in [1.29, 1.82) is 0 Å². The minimum atomic E-state index is -1.00. The lowest BCUT2D eigenvalue weighted by Crippen LogP contribution is -2.22. The lowest BCUT2D eigenvalue weighted by molar-refractivity contribution is -0.144. The Kier molecular flexibility index (Phi) is 2.87. The molecule has 0 heterocycles. The van der Waals surface area contributed by atoms with Crippen molar-refractivity contribution in [3.05, 3.63) is 36.4 Å². The van der Waals surface area contributed by atoms with Crippen LogP contribution < -0.4 is 4.74 Å². The van der Waals surface area contributed by atoms with Gasteiger partial charge in [0.1, 0.15) is 11.5 Å². The quantitative estimate of drug-likeness (QED) is 0.852. The summed E-state index contributed by atoms with van der Waals surface area (Å²) in [4.78, 5) is 10.7. The number of carboxylic acids is 1. The summed E-state index contributed by atoms with van der Waals surface area (Å²) in [6.07, 6.45) is -0.885. The third kappa shape index (κ3) is 2.47. The van der Waals surface area contributed by atoms with Gasteiger partial charge in [0.15, 0.2) is 6.10 Å². The zero-order valence-electron chi connectivity index (χ0n) is 9.25. The molecule has 0 aliphatic rings. The number of hydrogen-bond donors (Lipinski definition) is 2. The van der Waals surface area contributed by atoms with Crippen LogP contribution in [-0.4, -0.2) is 22.3 Å². The lowest BCUT2D eigenvalue weighted by atomic mass is 10.1. The van der Waals surface area contributed by atoms with Crippen LogP contribution in [0.15, 0.2) is 36.4 Å². The van der Waals surface area contributed by atoms with Gasteiger partial charge in [-0.3, -0.25) is 0 Å². The summed E-state index contributed by atoms with van der Waals surface area (Å²) in [7, 11) is 0. The highest BCUT2D eigenvalue weighted by molar-refractivity contribution is 5.85. The number of rotatable bonds is 3. The van der Waals surface area contributed by atoms with Gasteiger partial charge in [0.05, 0.1) is 0 Å². The average molecular weight is 232 g/mol. The summed E-state index contributed by atoms with van der Waals surface area (Å²) < 4.78 is 5.25. The van der Waals surface area contributed by atoms with Gasteiger partial charge in [-0.05, 0) is 42.0 Å². The van der Waals surface area contributed by atoms with Gasteiger partial charge in [-0.1, -0.05) is 12.1 Å². The van der Waals surface area contributed by atoms with Gasteiger partial charge in [0.2, 0.25) is 0 Å². The fourth-order valence-corrected chi connectivity index (χ4v) is 1.54. The number of ether oxygens (including phenoxy) is 1. The molecular formula is C13H12O4. The molecule has 4 nitrogen and oxygen atoms in total. The predicted octanol–water partition coefficient (Wildman–Crippen LogP) is 2.40. The van der Waals surface area contributed by atoms with Crippen molar-refractivity contribution < 1.29 is 19.7 Å². The molecule has 0 spiro atoms. The Morgan fingerprint density at radius 3 is 2.53 bits per heavy atom. The van der Waals surface area contributed by atoms with Crippen LogP contribution in [0.2, 0.25) is 0 Å². The monoisotopic (exact) mass is 232 g/mol. The maximum Gasteiger partial charge on any atom is 0.344 e. The maximum atomic E-state index is 10.7. The molecule has 2 N–H and O–H groups in total. The van der Waals surface area contributed by atoms with E-state index in [1.807, 2.05) is 0 Å². The van der Waals surface area contributed by atoms with E-state index in [2.05, 4.69) is 0 Å². The van der Waals surface area contributed by atoms with Crippen molar-refractivity contribution >= 4 is 16.7 Å². The first-order chi connectivity index (χ1) is 8.06. The van der Waals surface area contributed by atoms with Crippen LogP contribution in [0.25, 0.3) is 10.8 Å². The van der Waals surface area contributed by atoms with E-state index < -0.39 is 12.1 Å². The Hall–Kier alpha value is -2.23. The summed E-state index contributed by atoms with van der Waals surface area (Å²) in [5.74, 6) is -0.307. The molecule has 1 atom stereocenters. The van der Waals surface area contributed by atoms with Crippen molar-refractivity contribution in [2.45, 2.75) is 13.0 Å². The average Bonchev–Trinajstić information content (AvgIpc) is 2.29. The number of carbonyl (C=O) groups is 1. The molecule has 2 aromatic rings. The first-order valence-corrected chi connectivity index (χ1v) is 5.18. The number of phenols is 1. The molecular weight excluding hydrogens is 220 g/mol. The normalized spacial score (nSPS) is 12.3. The molecule has 0 aliphatic heterocycles. The molecule has 4 heteroatoms. The number of benzene rings is 2. The number of carboxylic acid groups (broad SMARTS) is 1. The third-order valence-electron chi connectivity index (χ3n) is 2.46. The molecule has 88 valence electrons. The van der Waals surface area contributed by atoms with E-state index in [1.165, 1.54) is 6.92 Å². The highest BCUT2D eigenvalue weighted by Gasteiger charge is 2.12. The third-order valence-corrected chi connectivity index (χ3v) is 2.46. The molecule has 2 rings (SSSR count). The van der Waals surface area contributed by atoms with Gasteiger partial charge < -0.3 is 14.9 Å². The van der Waals surface area contributed by atoms with E-state index in [0.717, 1.165) is 10.8 Å². The first-order valence-electron chi connectivity index (χ1n) is 5.18. The molecule has 0 aromatic heterocycles. The zero-order valence-corrected chi connectivity index (χ0v) is 9.25. The van der Waals surface area contributed by atoms with Crippen molar-refractivity contribution in [2.24, 2.45) is 0 Å². The Morgan fingerprint density at radius 2 is 1.82 bits per heavy atom. The van der Waals surface area contributed by atoms with Crippen LogP contribution in [0.3, 0.4) is 0 Å². The molecule has 0 saturated carbocycles. The van der Waals surface area contributed by atoms with E-state index in [9.17, 15) is 9.90 Å². The molecule has 0 aliphatic carbocycles. The van der Waals surface area contributed by atoms with Crippen molar-refractivity contribution in [1.82, 2.24) is 0 Å². The fraction of sp³-hybridized carbons (Fsp3) is 0.154. The van der Waals surface area contributed by atoms with Crippen molar-refractivity contribution in [3.63, 3.8) is 0 Å². The van der Waals surface area contributed by atoms with Crippen molar-refractivity contribution in [3.8, 4) is 11.5 Å². The number of hydrogen-bond acceptors (Lipinski definition) is 3. The predicted molar refractivity (Wildman–Crippen MR) is 63.3 cm³/mol. The summed E-state index contributed by atoms with van der Waals surface area (Å²) in [5, 5.41) is 19.8. The van der Waals surface area contributed by atoms with Gasteiger partial charge in [0, 0.05) is 0 Å².